The molecule has 1 aromatic rings. The summed E-state index contributed by atoms with van der Waals surface area (Å²) in [6.45, 7) is 1.60. The average molecular weight is 233 g/mol. The Hall–Kier alpha value is -1.86. The number of nitrogens with zero attached hydrogens (tertiary/aromatic N) is 1. The largest absolute Gasteiger partial charge is 0.481 e. The molecule has 0 aliphatic carbocycles. The highest BCUT2D eigenvalue weighted by atomic mass is 19.1. The first kappa shape index (κ1) is 11.6. The van der Waals surface area contributed by atoms with Gasteiger partial charge in [-0.25, -0.2) is 4.39 Å². The van der Waals surface area contributed by atoms with E-state index in [1.807, 2.05) is 4.90 Å². The first-order chi connectivity index (χ1) is 8.10. The van der Waals surface area contributed by atoms with Gasteiger partial charge in [-0.1, -0.05) is 12.0 Å². The van der Waals surface area contributed by atoms with Gasteiger partial charge in [-0.05, 0) is 17.7 Å². The molecule has 2 rings (SSSR count). The van der Waals surface area contributed by atoms with E-state index < -0.39 is 11.8 Å². The first-order valence-corrected chi connectivity index (χ1v) is 5.30. The molecule has 1 aromatic carbocycles. The molecule has 1 aliphatic heterocycles. The molecule has 0 aromatic heterocycles. The van der Waals surface area contributed by atoms with E-state index in [0.717, 1.165) is 5.56 Å². The van der Waals surface area contributed by atoms with Crippen LogP contribution >= 0.6 is 0 Å². The fraction of sp³-hybridized carbons (Fsp3) is 0.308. The minimum Gasteiger partial charge on any atom is -0.481 e. The van der Waals surface area contributed by atoms with E-state index >= 15 is 0 Å². The molecule has 1 saturated heterocycles. The van der Waals surface area contributed by atoms with Gasteiger partial charge in [-0.2, -0.15) is 0 Å². The lowest BCUT2D eigenvalue weighted by atomic mass is 9.99. The van der Waals surface area contributed by atoms with Crippen molar-refractivity contribution in [3.8, 4) is 12.3 Å². The van der Waals surface area contributed by atoms with Crippen LogP contribution in [0.5, 0.6) is 0 Å². The van der Waals surface area contributed by atoms with Crippen molar-refractivity contribution >= 4 is 5.97 Å². The second-order valence-corrected chi connectivity index (χ2v) is 4.19. The monoisotopic (exact) mass is 233 g/mol. The summed E-state index contributed by atoms with van der Waals surface area (Å²) in [4.78, 5) is 12.6. The lowest BCUT2D eigenvalue weighted by Crippen LogP contribution is -2.49. The maximum Gasteiger partial charge on any atom is 0.309 e. The molecule has 1 aliphatic rings. The fourth-order valence-electron chi connectivity index (χ4n) is 1.89. The molecular weight excluding hydrogens is 221 g/mol. The highest BCUT2D eigenvalue weighted by Gasteiger charge is 2.32. The number of halogens is 1. The maximum atomic E-state index is 13.4. The van der Waals surface area contributed by atoms with Crippen LogP contribution in [0.2, 0.25) is 0 Å². The van der Waals surface area contributed by atoms with E-state index in [4.69, 9.17) is 11.5 Å². The van der Waals surface area contributed by atoms with E-state index in [9.17, 15) is 9.18 Å². The van der Waals surface area contributed by atoms with Gasteiger partial charge >= 0.3 is 5.97 Å². The summed E-state index contributed by atoms with van der Waals surface area (Å²) in [5.41, 5.74) is 1.06. The topological polar surface area (TPSA) is 40.5 Å². The molecule has 0 unspecified atom stereocenters. The summed E-state index contributed by atoms with van der Waals surface area (Å²) in [6, 6.07) is 4.74. The van der Waals surface area contributed by atoms with Gasteiger partial charge in [0.2, 0.25) is 0 Å². The van der Waals surface area contributed by atoms with E-state index in [-0.39, 0.29) is 11.5 Å². The molecule has 1 N–H and O–H groups in total. The molecule has 4 heteroatoms. The normalized spacial score (nSPS) is 16.2. The number of rotatable bonds is 3. The van der Waals surface area contributed by atoms with Gasteiger partial charge in [-0.15, -0.1) is 6.42 Å². The minimum atomic E-state index is -0.768. The van der Waals surface area contributed by atoms with Crippen molar-refractivity contribution in [1.82, 2.24) is 4.90 Å². The Bertz CT molecular complexity index is 487. The molecule has 0 saturated carbocycles. The number of likely N-dealkylation sites (tertiary alicyclic amines) is 1. The Kier molecular flexibility index (Phi) is 3.12. The Morgan fingerprint density at radius 3 is 2.82 bits per heavy atom. The van der Waals surface area contributed by atoms with E-state index in [1.54, 1.807) is 12.1 Å². The van der Waals surface area contributed by atoms with Crippen LogP contribution in [0, 0.1) is 24.1 Å². The molecule has 0 spiro atoms. The van der Waals surface area contributed by atoms with Crippen molar-refractivity contribution in [3.63, 3.8) is 0 Å². The standard InChI is InChI=1S/C13H12FNO2/c1-2-10-4-3-9(5-12(10)14)6-15-7-11(8-15)13(16)17/h1,3-5,11H,6-8H2,(H,16,17). The first-order valence-electron chi connectivity index (χ1n) is 5.30. The summed E-state index contributed by atoms with van der Waals surface area (Å²) >= 11 is 0. The third-order valence-corrected chi connectivity index (χ3v) is 2.90. The van der Waals surface area contributed by atoms with Crippen LogP contribution in [0.15, 0.2) is 18.2 Å². The molecular formula is C13H12FNO2. The third-order valence-electron chi connectivity index (χ3n) is 2.90. The fourth-order valence-corrected chi connectivity index (χ4v) is 1.89. The van der Waals surface area contributed by atoms with Crippen LogP contribution in [-0.4, -0.2) is 29.1 Å². The van der Waals surface area contributed by atoms with Crippen LogP contribution in [0.4, 0.5) is 4.39 Å². The molecule has 17 heavy (non-hydrogen) atoms. The van der Waals surface area contributed by atoms with Gasteiger partial charge in [-0.3, -0.25) is 9.69 Å². The third kappa shape index (κ3) is 2.45. The highest BCUT2D eigenvalue weighted by Crippen LogP contribution is 2.19. The summed E-state index contributed by atoms with van der Waals surface area (Å²) in [7, 11) is 0. The molecule has 0 radical (unpaired) electrons. The Labute approximate surface area is 98.9 Å². The molecule has 3 nitrogen and oxygen atoms in total. The molecule has 0 bridgehead atoms. The van der Waals surface area contributed by atoms with Gasteiger partial charge in [0.15, 0.2) is 0 Å². The number of carboxylic acid groups (broad SMARTS) is 1. The second-order valence-electron chi connectivity index (χ2n) is 4.19. The number of terminal acetylenes is 1. The number of hydrogen-bond donors (Lipinski definition) is 1. The van der Waals surface area contributed by atoms with Gasteiger partial charge < -0.3 is 5.11 Å². The number of hydrogen-bond acceptors (Lipinski definition) is 2. The number of carboxylic acids is 1. The summed E-state index contributed by atoms with van der Waals surface area (Å²) in [5.74, 6) is 0.801. The van der Waals surface area contributed by atoms with Crippen molar-refractivity contribution in [1.29, 1.82) is 0 Å². The number of carbonyl (C=O) groups is 1. The predicted molar refractivity (Wildman–Crippen MR) is 60.7 cm³/mol. The van der Waals surface area contributed by atoms with Crippen molar-refractivity contribution in [2.45, 2.75) is 6.54 Å². The van der Waals surface area contributed by atoms with Gasteiger partial charge in [0, 0.05) is 19.6 Å². The number of benzene rings is 1. The molecule has 0 atom stereocenters. The lowest BCUT2D eigenvalue weighted by Gasteiger charge is -2.36. The smallest absolute Gasteiger partial charge is 0.309 e. The lowest BCUT2D eigenvalue weighted by molar-refractivity contribution is -0.147. The van der Waals surface area contributed by atoms with Crippen LogP contribution in [0.25, 0.3) is 0 Å². The Morgan fingerprint density at radius 2 is 2.29 bits per heavy atom. The maximum absolute atomic E-state index is 13.4. The molecule has 0 amide bonds. The van der Waals surface area contributed by atoms with E-state index in [0.29, 0.717) is 19.6 Å². The Balaban J connectivity index is 1.95. The average Bonchev–Trinajstić information content (AvgIpc) is 2.22. The molecule has 1 heterocycles. The zero-order chi connectivity index (χ0) is 12.4. The highest BCUT2D eigenvalue weighted by molar-refractivity contribution is 5.71. The van der Waals surface area contributed by atoms with E-state index in [2.05, 4.69) is 5.92 Å². The second kappa shape index (κ2) is 4.56. The van der Waals surface area contributed by atoms with Gasteiger partial charge in [0.05, 0.1) is 11.5 Å². The van der Waals surface area contributed by atoms with Crippen molar-refractivity contribution in [2.75, 3.05) is 13.1 Å². The predicted octanol–water partition coefficient (Wildman–Crippen LogP) is 1.32. The summed E-state index contributed by atoms with van der Waals surface area (Å²) in [6.07, 6.45) is 5.13. The molecule has 1 fully saturated rings. The SMILES string of the molecule is C#Cc1ccc(CN2CC(C(=O)O)C2)cc1F. The number of aliphatic carboxylic acids is 1. The van der Waals surface area contributed by atoms with Crippen LogP contribution in [0.1, 0.15) is 11.1 Å². The zero-order valence-corrected chi connectivity index (χ0v) is 9.19. The van der Waals surface area contributed by atoms with Gasteiger partial charge in [0.1, 0.15) is 5.82 Å². The van der Waals surface area contributed by atoms with Crippen LogP contribution < -0.4 is 0 Å². The summed E-state index contributed by atoms with van der Waals surface area (Å²) < 4.78 is 13.4. The van der Waals surface area contributed by atoms with Crippen LogP contribution in [-0.2, 0) is 11.3 Å². The van der Waals surface area contributed by atoms with Gasteiger partial charge in [0.25, 0.3) is 0 Å². The van der Waals surface area contributed by atoms with E-state index in [1.165, 1.54) is 6.07 Å². The van der Waals surface area contributed by atoms with Crippen molar-refractivity contribution in [2.24, 2.45) is 5.92 Å². The zero-order valence-electron chi connectivity index (χ0n) is 9.19. The van der Waals surface area contributed by atoms with Crippen molar-refractivity contribution in [3.05, 3.63) is 35.1 Å². The molecule has 88 valence electrons. The summed E-state index contributed by atoms with van der Waals surface area (Å²) in [5, 5.41) is 8.72. The quantitative estimate of drug-likeness (QED) is 0.800. The minimum absolute atomic E-state index is 0.251. The Morgan fingerprint density at radius 1 is 1.59 bits per heavy atom. The van der Waals surface area contributed by atoms with Crippen LogP contribution in [0.3, 0.4) is 0 Å². The van der Waals surface area contributed by atoms with Crippen molar-refractivity contribution < 1.29 is 14.3 Å².